The summed E-state index contributed by atoms with van der Waals surface area (Å²) in [6.45, 7) is 2.21. The van der Waals surface area contributed by atoms with E-state index >= 15 is 0 Å². The van der Waals surface area contributed by atoms with Gasteiger partial charge in [0.15, 0.2) is 0 Å². The van der Waals surface area contributed by atoms with Crippen LogP contribution in [0.1, 0.15) is 44.9 Å². The SMILES string of the molecule is CN(CC1CC1)C1CCCCCC1CN. The van der Waals surface area contributed by atoms with E-state index in [0.717, 1.165) is 24.4 Å². The van der Waals surface area contributed by atoms with E-state index in [2.05, 4.69) is 11.9 Å². The first-order valence-electron chi connectivity index (χ1n) is 6.71. The molecule has 0 aromatic carbocycles. The van der Waals surface area contributed by atoms with Crippen LogP contribution in [0.25, 0.3) is 0 Å². The fourth-order valence-corrected chi connectivity index (χ4v) is 3.06. The molecule has 0 heterocycles. The van der Waals surface area contributed by atoms with Gasteiger partial charge in [-0.1, -0.05) is 19.3 Å². The minimum Gasteiger partial charge on any atom is -0.330 e. The second-order valence-corrected chi connectivity index (χ2v) is 5.58. The third kappa shape index (κ3) is 3.18. The van der Waals surface area contributed by atoms with Crippen molar-refractivity contribution in [3.63, 3.8) is 0 Å². The van der Waals surface area contributed by atoms with E-state index in [1.165, 1.54) is 51.5 Å². The zero-order valence-corrected chi connectivity index (χ0v) is 10.1. The fraction of sp³-hybridized carbons (Fsp3) is 1.00. The maximum Gasteiger partial charge on any atom is 0.0133 e. The van der Waals surface area contributed by atoms with E-state index in [0.29, 0.717) is 0 Å². The molecule has 2 atom stereocenters. The average Bonchev–Trinajstić information content (AvgIpc) is 3.02. The molecule has 0 saturated heterocycles. The van der Waals surface area contributed by atoms with Crippen molar-refractivity contribution >= 4 is 0 Å². The largest absolute Gasteiger partial charge is 0.330 e. The van der Waals surface area contributed by atoms with Crippen molar-refractivity contribution in [3.8, 4) is 0 Å². The number of hydrogen-bond acceptors (Lipinski definition) is 2. The van der Waals surface area contributed by atoms with Crippen LogP contribution in [-0.4, -0.2) is 31.1 Å². The van der Waals surface area contributed by atoms with Crippen LogP contribution in [0.15, 0.2) is 0 Å². The summed E-state index contributed by atoms with van der Waals surface area (Å²) in [5.74, 6) is 1.77. The lowest BCUT2D eigenvalue weighted by molar-refractivity contribution is 0.162. The molecule has 2 saturated carbocycles. The normalized spacial score (nSPS) is 33.0. The van der Waals surface area contributed by atoms with Crippen molar-refractivity contribution < 1.29 is 0 Å². The second-order valence-electron chi connectivity index (χ2n) is 5.58. The molecule has 0 aliphatic heterocycles. The van der Waals surface area contributed by atoms with Gasteiger partial charge >= 0.3 is 0 Å². The quantitative estimate of drug-likeness (QED) is 0.721. The summed E-state index contributed by atoms with van der Waals surface area (Å²) in [6.07, 6.45) is 9.89. The Labute approximate surface area is 94.2 Å². The maximum absolute atomic E-state index is 5.92. The molecule has 0 aromatic rings. The highest BCUT2D eigenvalue weighted by Gasteiger charge is 2.30. The van der Waals surface area contributed by atoms with E-state index < -0.39 is 0 Å². The Kier molecular flexibility index (Phi) is 4.04. The number of rotatable bonds is 4. The van der Waals surface area contributed by atoms with Gasteiger partial charge in [-0.15, -0.1) is 0 Å². The molecule has 88 valence electrons. The van der Waals surface area contributed by atoms with Gasteiger partial charge in [-0.2, -0.15) is 0 Å². The maximum atomic E-state index is 5.92. The highest BCUT2D eigenvalue weighted by molar-refractivity contribution is 4.84. The average molecular weight is 210 g/mol. The molecule has 2 aliphatic rings. The third-order valence-electron chi connectivity index (χ3n) is 4.23. The first-order chi connectivity index (χ1) is 7.31. The molecule has 0 bridgehead atoms. The van der Waals surface area contributed by atoms with E-state index in [9.17, 15) is 0 Å². The number of nitrogens with zero attached hydrogens (tertiary/aromatic N) is 1. The molecule has 0 aromatic heterocycles. The van der Waals surface area contributed by atoms with Gasteiger partial charge in [0.2, 0.25) is 0 Å². The van der Waals surface area contributed by atoms with Crippen LogP contribution in [0, 0.1) is 11.8 Å². The molecule has 2 fully saturated rings. The number of nitrogens with two attached hydrogens (primary N) is 1. The zero-order chi connectivity index (χ0) is 10.7. The van der Waals surface area contributed by atoms with Crippen molar-refractivity contribution in [2.45, 2.75) is 51.0 Å². The van der Waals surface area contributed by atoms with Gasteiger partial charge in [0, 0.05) is 12.6 Å². The Balaban J connectivity index is 1.88. The molecule has 0 radical (unpaired) electrons. The van der Waals surface area contributed by atoms with E-state index in [1.54, 1.807) is 0 Å². The van der Waals surface area contributed by atoms with Crippen LogP contribution in [0.3, 0.4) is 0 Å². The molecule has 2 unspecified atom stereocenters. The van der Waals surface area contributed by atoms with Crippen LogP contribution in [0.5, 0.6) is 0 Å². The minimum absolute atomic E-state index is 0.760. The van der Waals surface area contributed by atoms with Crippen molar-refractivity contribution in [1.29, 1.82) is 0 Å². The Bertz CT molecular complexity index is 189. The zero-order valence-electron chi connectivity index (χ0n) is 10.1. The monoisotopic (exact) mass is 210 g/mol. The first kappa shape index (κ1) is 11.4. The Morgan fingerprint density at radius 3 is 2.47 bits per heavy atom. The van der Waals surface area contributed by atoms with Crippen LogP contribution in [-0.2, 0) is 0 Å². The highest BCUT2D eigenvalue weighted by Crippen LogP contribution is 2.32. The van der Waals surface area contributed by atoms with Crippen LogP contribution < -0.4 is 5.73 Å². The molecule has 2 N–H and O–H groups in total. The summed E-state index contributed by atoms with van der Waals surface area (Å²) >= 11 is 0. The third-order valence-corrected chi connectivity index (χ3v) is 4.23. The van der Waals surface area contributed by atoms with Gasteiger partial charge in [0.05, 0.1) is 0 Å². The molecule has 0 spiro atoms. The minimum atomic E-state index is 0.760. The summed E-state index contributed by atoms with van der Waals surface area (Å²) < 4.78 is 0. The molecule has 2 aliphatic carbocycles. The Morgan fingerprint density at radius 1 is 1.07 bits per heavy atom. The van der Waals surface area contributed by atoms with Crippen molar-refractivity contribution in [3.05, 3.63) is 0 Å². The molecular weight excluding hydrogens is 184 g/mol. The van der Waals surface area contributed by atoms with Gasteiger partial charge in [0.1, 0.15) is 0 Å². The van der Waals surface area contributed by atoms with Crippen molar-refractivity contribution in [1.82, 2.24) is 4.90 Å². The lowest BCUT2D eigenvalue weighted by atomic mass is 9.93. The summed E-state index contributed by atoms with van der Waals surface area (Å²) in [4.78, 5) is 2.61. The van der Waals surface area contributed by atoms with E-state index in [4.69, 9.17) is 5.73 Å². The standard InChI is InChI=1S/C13H26N2/c1-15(10-11-7-8-11)13-6-4-2-3-5-12(13)9-14/h11-13H,2-10,14H2,1H3. The van der Waals surface area contributed by atoms with Gasteiger partial charge < -0.3 is 10.6 Å². The number of hydrogen-bond donors (Lipinski definition) is 1. The molecule has 0 amide bonds. The van der Waals surface area contributed by atoms with Crippen LogP contribution >= 0.6 is 0 Å². The summed E-state index contributed by atoms with van der Waals surface area (Å²) in [7, 11) is 2.32. The van der Waals surface area contributed by atoms with Gasteiger partial charge in [-0.3, -0.25) is 0 Å². The smallest absolute Gasteiger partial charge is 0.0133 e. The Hall–Kier alpha value is -0.0800. The molecule has 2 heteroatoms. The molecular formula is C13H26N2. The van der Waals surface area contributed by atoms with Crippen LogP contribution in [0.4, 0.5) is 0 Å². The lowest BCUT2D eigenvalue weighted by Gasteiger charge is -2.33. The predicted molar refractivity (Wildman–Crippen MR) is 64.8 cm³/mol. The Morgan fingerprint density at radius 2 is 1.80 bits per heavy atom. The van der Waals surface area contributed by atoms with Crippen molar-refractivity contribution in [2.75, 3.05) is 20.1 Å². The van der Waals surface area contributed by atoms with Crippen molar-refractivity contribution in [2.24, 2.45) is 17.6 Å². The van der Waals surface area contributed by atoms with Gasteiger partial charge in [-0.25, -0.2) is 0 Å². The first-order valence-corrected chi connectivity index (χ1v) is 6.71. The summed E-state index contributed by atoms with van der Waals surface area (Å²) in [6, 6.07) is 0.776. The fourth-order valence-electron chi connectivity index (χ4n) is 3.06. The lowest BCUT2D eigenvalue weighted by Crippen LogP contribution is -2.41. The van der Waals surface area contributed by atoms with E-state index in [1.807, 2.05) is 0 Å². The molecule has 2 nitrogen and oxygen atoms in total. The molecule has 15 heavy (non-hydrogen) atoms. The van der Waals surface area contributed by atoms with Gasteiger partial charge in [-0.05, 0) is 51.1 Å². The topological polar surface area (TPSA) is 29.3 Å². The van der Waals surface area contributed by atoms with E-state index in [-0.39, 0.29) is 0 Å². The molecule has 2 rings (SSSR count). The van der Waals surface area contributed by atoms with Gasteiger partial charge in [0.25, 0.3) is 0 Å². The highest BCUT2D eigenvalue weighted by atomic mass is 15.1. The second kappa shape index (κ2) is 5.31. The predicted octanol–water partition coefficient (Wildman–Crippen LogP) is 2.24. The van der Waals surface area contributed by atoms with Crippen LogP contribution in [0.2, 0.25) is 0 Å². The summed E-state index contributed by atoms with van der Waals surface area (Å²) in [5.41, 5.74) is 5.92. The summed E-state index contributed by atoms with van der Waals surface area (Å²) in [5, 5.41) is 0.